The zero-order valence-electron chi connectivity index (χ0n) is 15.7. The van der Waals surface area contributed by atoms with E-state index in [1.807, 2.05) is 0 Å². The monoisotopic (exact) mass is 389 g/mol. The number of carbonyl (C=O) groups is 1. The number of amides is 2. The molecule has 150 valence electrons. The molecule has 2 amide bonds. The fraction of sp³-hybridized carbons (Fsp3) is 0.381. The Kier molecular flexibility index (Phi) is 7.33. The van der Waals surface area contributed by atoms with Gasteiger partial charge in [-0.3, -0.25) is 4.90 Å². The number of nitrogens with one attached hydrogen (secondary N) is 1. The summed E-state index contributed by atoms with van der Waals surface area (Å²) in [6.07, 6.45) is 0.755. The van der Waals surface area contributed by atoms with E-state index in [9.17, 15) is 13.6 Å². The summed E-state index contributed by atoms with van der Waals surface area (Å²) in [7, 11) is 0. The molecule has 0 unspecified atom stereocenters. The molecule has 0 spiro atoms. The number of ether oxygens (including phenoxy) is 1. The molecule has 3 rings (SSSR count). The van der Waals surface area contributed by atoms with Crippen molar-refractivity contribution >= 4 is 11.7 Å². The molecule has 1 N–H and O–H groups in total. The van der Waals surface area contributed by atoms with Crippen molar-refractivity contribution in [2.45, 2.75) is 13.0 Å². The summed E-state index contributed by atoms with van der Waals surface area (Å²) in [5.74, 6) is -0.773. The van der Waals surface area contributed by atoms with Crippen LogP contribution in [-0.2, 0) is 11.3 Å². The van der Waals surface area contributed by atoms with Crippen LogP contribution in [0, 0.1) is 11.6 Å². The molecule has 2 aromatic carbocycles. The molecule has 28 heavy (non-hydrogen) atoms. The Labute approximate surface area is 163 Å². The number of nitrogens with zero attached hydrogens (tertiary/aromatic N) is 2. The number of hydrogen-bond donors (Lipinski definition) is 1. The second-order valence-corrected chi connectivity index (χ2v) is 6.76. The lowest BCUT2D eigenvalue weighted by Crippen LogP contribution is -2.40. The van der Waals surface area contributed by atoms with Crippen molar-refractivity contribution in [2.75, 3.05) is 44.7 Å². The molecule has 0 aromatic heterocycles. The van der Waals surface area contributed by atoms with Crippen LogP contribution in [0.4, 0.5) is 19.3 Å². The van der Waals surface area contributed by atoms with E-state index in [0.29, 0.717) is 17.8 Å². The van der Waals surface area contributed by atoms with Gasteiger partial charge in [-0.15, -0.1) is 0 Å². The van der Waals surface area contributed by atoms with Crippen LogP contribution in [0.3, 0.4) is 0 Å². The number of hydrogen-bond acceptors (Lipinski definition) is 3. The zero-order chi connectivity index (χ0) is 19.8. The lowest BCUT2D eigenvalue weighted by molar-refractivity contribution is 0.0365. The van der Waals surface area contributed by atoms with E-state index < -0.39 is 5.82 Å². The van der Waals surface area contributed by atoms with Gasteiger partial charge in [-0.25, -0.2) is 13.6 Å². The minimum absolute atomic E-state index is 0.150. The van der Waals surface area contributed by atoms with Gasteiger partial charge in [0.1, 0.15) is 11.6 Å². The van der Waals surface area contributed by atoms with Gasteiger partial charge in [-0.1, -0.05) is 24.3 Å². The van der Waals surface area contributed by atoms with Crippen molar-refractivity contribution in [3.63, 3.8) is 0 Å². The Hall–Kier alpha value is -2.51. The fourth-order valence-corrected chi connectivity index (χ4v) is 3.16. The second kappa shape index (κ2) is 10.1. The van der Waals surface area contributed by atoms with E-state index in [4.69, 9.17) is 4.74 Å². The van der Waals surface area contributed by atoms with E-state index in [0.717, 1.165) is 39.3 Å². The number of morpholine rings is 1. The molecule has 2 aromatic rings. The predicted octanol–water partition coefficient (Wildman–Crippen LogP) is 3.72. The lowest BCUT2D eigenvalue weighted by Gasteiger charge is -2.28. The maximum atomic E-state index is 14.1. The molecule has 0 aliphatic carbocycles. The van der Waals surface area contributed by atoms with Gasteiger partial charge in [-0.05, 0) is 30.7 Å². The summed E-state index contributed by atoms with van der Waals surface area (Å²) >= 11 is 0. The standard InChI is InChI=1S/C21H25F2N3O2/c22-18-6-3-7-19(15-18)24-21(27)26(16-17-5-1-2-8-20(17)23)10-4-9-25-11-13-28-14-12-25/h1-3,5-8,15H,4,9-14,16H2,(H,24,27). The quantitative estimate of drug-likeness (QED) is 0.785. The Bertz CT molecular complexity index is 782. The smallest absolute Gasteiger partial charge is 0.322 e. The SMILES string of the molecule is O=C(Nc1cccc(F)c1)N(CCCN1CCOCC1)Cc1ccccc1F. The maximum Gasteiger partial charge on any atom is 0.322 e. The first-order chi connectivity index (χ1) is 13.6. The van der Waals surface area contributed by atoms with Gasteiger partial charge in [0.2, 0.25) is 0 Å². The molecular formula is C21H25F2N3O2. The molecule has 0 atom stereocenters. The molecule has 5 nitrogen and oxygen atoms in total. The second-order valence-electron chi connectivity index (χ2n) is 6.76. The van der Waals surface area contributed by atoms with Crippen molar-refractivity contribution in [2.24, 2.45) is 0 Å². The van der Waals surface area contributed by atoms with E-state index in [1.165, 1.54) is 24.3 Å². The fourth-order valence-electron chi connectivity index (χ4n) is 3.16. The minimum atomic E-state index is -0.425. The highest BCUT2D eigenvalue weighted by Crippen LogP contribution is 2.14. The molecule has 1 heterocycles. The topological polar surface area (TPSA) is 44.8 Å². The summed E-state index contributed by atoms with van der Waals surface area (Å²) in [6, 6.07) is 11.8. The van der Waals surface area contributed by atoms with Crippen molar-refractivity contribution in [1.82, 2.24) is 9.80 Å². The third-order valence-corrected chi connectivity index (χ3v) is 4.69. The highest BCUT2D eigenvalue weighted by atomic mass is 19.1. The summed E-state index contributed by atoms with van der Waals surface area (Å²) in [4.78, 5) is 16.6. The number of rotatable bonds is 7. The van der Waals surface area contributed by atoms with Gasteiger partial charge in [0.25, 0.3) is 0 Å². The lowest BCUT2D eigenvalue weighted by atomic mass is 10.2. The summed E-state index contributed by atoms with van der Waals surface area (Å²) in [5, 5.41) is 2.70. The van der Waals surface area contributed by atoms with Gasteiger partial charge in [-0.2, -0.15) is 0 Å². The molecule has 0 saturated carbocycles. The zero-order valence-corrected chi connectivity index (χ0v) is 15.7. The van der Waals surface area contributed by atoms with Gasteiger partial charge in [0.15, 0.2) is 0 Å². The summed E-state index contributed by atoms with van der Waals surface area (Å²) in [5.41, 5.74) is 0.819. The van der Waals surface area contributed by atoms with E-state index in [2.05, 4.69) is 10.2 Å². The maximum absolute atomic E-state index is 14.1. The number of benzene rings is 2. The molecule has 0 bridgehead atoms. The summed E-state index contributed by atoms with van der Waals surface area (Å²) < 4.78 is 32.8. The van der Waals surface area contributed by atoms with Gasteiger partial charge >= 0.3 is 6.03 Å². The molecule has 0 radical (unpaired) electrons. The van der Waals surface area contributed by atoms with Crippen LogP contribution in [0.1, 0.15) is 12.0 Å². The number of urea groups is 1. The van der Waals surface area contributed by atoms with E-state index >= 15 is 0 Å². The first kappa shape index (κ1) is 20.2. The first-order valence-electron chi connectivity index (χ1n) is 9.47. The number of halogens is 2. The predicted molar refractivity (Wildman–Crippen MR) is 104 cm³/mol. The molecule has 1 aliphatic heterocycles. The van der Waals surface area contributed by atoms with E-state index in [1.54, 1.807) is 29.2 Å². The van der Waals surface area contributed by atoms with Crippen LogP contribution in [0.2, 0.25) is 0 Å². The van der Waals surface area contributed by atoms with Crippen molar-refractivity contribution in [3.05, 3.63) is 65.7 Å². The van der Waals surface area contributed by atoms with Crippen molar-refractivity contribution in [3.8, 4) is 0 Å². The third-order valence-electron chi connectivity index (χ3n) is 4.69. The minimum Gasteiger partial charge on any atom is -0.379 e. The van der Waals surface area contributed by atoms with E-state index in [-0.39, 0.29) is 18.4 Å². The van der Waals surface area contributed by atoms with Crippen molar-refractivity contribution < 1.29 is 18.3 Å². The van der Waals surface area contributed by atoms with Crippen LogP contribution in [0.25, 0.3) is 0 Å². The summed E-state index contributed by atoms with van der Waals surface area (Å²) in [6.45, 7) is 4.65. The molecule has 1 fully saturated rings. The number of anilines is 1. The molecule has 1 aliphatic rings. The van der Waals surface area contributed by atoms with Crippen molar-refractivity contribution in [1.29, 1.82) is 0 Å². The van der Waals surface area contributed by atoms with Gasteiger partial charge in [0, 0.05) is 37.4 Å². The van der Waals surface area contributed by atoms with Crippen LogP contribution in [-0.4, -0.2) is 55.2 Å². The van der Waals surface area contributed by atoms with Crippen LogP contribution < -0.4 is 5.32 Å². The highest BCUT2D eigenvalue weighted by molar-refractivity contribution is 5.89. The van der Waals surface area contributed by atoms with Crippen LogP contribution in [0.5, 0.6) is 0 Å². The van der Waals surface area contributed by atoms with Gasteiger partial charge in [0.05, 0.1) is 19.8 Å². The van der Waals surface area contributed by atoms with Crippen LogP contribution in [0.15, 0.2) is 48.5 Å². The Morgan fingerprint density at radius 3 is 2.64 bits per heavy atom. The normalized spacial score (nSPS) is 14.6. The molecular weight excluding hydrogens is 364 g/mol. The Morgan fingerprint density at radius 2 is 1.89 bits per heavy atom. The average molecular weight is 389 g/mol. The highest BCUT2D eigenvalue weighted by Gasteiger charge is 2.17. The number of carbonyl (C=O) groups excluding carboxylic acids is 1. The molecule has 7 heteroatoms. The van der Waals surface area contributed by atoms with Gasteiger partial charge < -0.3 is 15.0 Å². The van der Waals surface area contributed by atoms with Crippen LogP contribution >= 0.6 is 0 Å². The molecule has 1 saturated heterocycles. The first-order valence-corrected chi connectivity index (χ1v) is 9.47. The third kappa shape index (κ3) is 6.00. The Balaban J connectivity index is 1.64. The largest absolute Gasteiger partial charge is 0.379 e. The average Bonchev–Trinajstić information content (AvgIpc) is 2.69. The Morgan fingerprint density at radius 1 is 1.11 bits per heavy atom.